The first-order chi connectivity index (χ1) is 15.1. The largest absolute Gasteiger partial charge is 0.465 e. The van der Waals surface area contributed by atoms with Crippen molar-refractivity contribution < 1.29 is 32.7 Å². The topological polar surface area (TPSA) is 90.0 Å². The number of benzene rings is 2. The summed E-state index contributed by atoms with van der Waals surface area (Å²) in [6.07, 6.45) is -1.25. The van der Waals surface area contributed by atoms with Crippen LogP contribution in [0.1, 0.15) is 29.9 Å². The fourth-order valence-electron chi connectivity index (χ4n) is 4.22. The molecule has 0 aromatic heterocycles. The molecule has 7 nitrogen and oxygen atoms in total. The molecule has 4 rings (SSSR count). The highest BCUT2D eigenvalue weighted by Gasteiger charge is 2.38. The highest BCUT2D eigenvalue weighted by Crippen LogP contribution is 2.34. The van der Waals surface area contributed by atoms with Gasteiger partial charge in [0.15, 0.2) is 0 Å². The third-order valence-corrected chi connectivity index (χ3v) is 5.76. The van der Waals surface area contributed by atoms with E-state index in [4.69, 9.17) is 0 Å². The van der Waals surface area contributed by atoms with Gasteiger partial charge in [0, 0.05) is 30.8 Å². The summed E-state index contributed by atoms with van der Waals surface area (Å²) < 4.78 is 43.2. The highest BCUT2D eigenvalue weighted by molar-refractivity contribution is 6.01. The number of nitrogens with zero attached hydrogens (tertiary/aromatic N) is 2. The second-order valence-electron chi connectivity index (χ2n) is 8.02. The zero-order valence-corrected chi connectivity index (χ0v) is 17.1. The zero-order valence-electron chi connectivity index (χ0n) is 17.1. The first kappa shape index (κ1) is 21.7. The molecule has 1 unspecified atom stereocenters. The van der Waals surface area contributed by atoms with E-state index >= 15 is 0 Å². The minimum Gasteiger partial charge on any atom is -0.465 e. The van der Waals surface area contributed by atoms with Gasteiger partial charge in [-0.15, -0.1) is 0 Å². The Morgan fingerprint density at radius 2 is 1.75 bits per heavy atom. The van der Waals surface area contributed by atoms with Gasteiger partial charge in [-0.05, 0) is 49.2 Å². The maximum Gasteiger partial charge on any atom is 0.412 e. The van der Waals surface area contributed by atoms with Crippen LogP contribution in [0.15, 0.2) is 30.3 Å². The number of carbonyl (C=O) groups excluding carboxylic acids is 2. The number of hydrogen-bond donors (Lipinski definition) is 2. The first-order valence-electron chi connectivity index (χ1n) is 10.0. The van der Waals surface area contributed by atoms with E-state index in [2.05, 4.69) is 5.32 Å². The molecule has 0 spiro atoms. The van der Waals surface area contributed by atoms with Crippen LogP contribution < -0.4 is 15.1 Å². The number of anilines is 2. The summed E-state index contributed by atoms with van der Waals surface area (Å²) in [5, 5.41) is 11.7. The van der Waals surface area contributed by atoms with Crippen LogP contribution in [0.5, 0.6) is 0 Å². The molecule has 0 bridgehead atoms. The van der Waals surface area contributed by atoms with Crippen molar-refractivity contribution in [3.8, 4) is 0 Å². The van der Waals surface area contributed by atoms with Crippen LogP contribution in [-0.2, 0) is 9.59 Å². The zero-order chi connectivity index (χ0) is 23.2. The molecular weight excluding hydrogens is 427 g/mol. The van der Waals surface area contributed by atoms with Gasteiger partial charge in [-0.25, -0.2) is 18.0 Å². The number of carbonyl (C=O) groups is 3. The molecular formula is C22H20F3N3O4. The van der Waals surface area contributed by atoms with E-state index < -0.39 is 52.9 Å². The quantitative estimate of drug-likeness (QED) is 0.702. The van der Waals surface area contributed by atoms with Gasteiger partial charge in [0.25, 0.3) is 0 Å². The van der Waals surface area contributed by atoms with Gasteiger partial charge in [-0.2, -0.15) is 0 Å². The normalized spacial score (nSPS) is 18.9. The van der Waals surface area contributed by atoms with Crippen molar-refractivity contribution in [1.82, 2.24) is 5.32 Å². The summed E-state index contributed by atoms with van der Waals surface area (Å²) in [7, 11) is 0. The van der Waals surface area contributed by atoms with Crippen molar-refractivity contribution in [1.29, 1.82) is 0 Å². The van der Waals surface area contributed by atoms with Crippen molar-refractivity contribution in [2.75, 3.05) is 22.9 Å². The Bertz CT molecular complexity index is 1070. The number of carboxylic acid groups (broad SMARTS) is 1. The maximum atomic E-state index is 14.7. The van der Waals surface area contributed by atoms with Gasteiger partial charge < -0.3 is 10.0 Å². The van der Waals surface area contributed by atoms with E-state index in [1.54, 1.807) is 17.9 Å². The lowest BCUT2D eigenvalue weighted by Gasteiger charge is -2.45. The molecule has 0 aliphatic carbocycles. The molecule has 2 N–H and O–H groups in total. The predicted octanol–water partition coefficient (Wildman–Crippen LogP) is 3.31. The Kier molecular flexibility index (Phi) is 5.53. The third-order valence-electron chi connectivity index (χ3n) is 5.76. The molecule has 2 aromatic rings. The molecule has 32 heavy (non-hydrogen) atoms. The summed E-state index contributed by atoms with van der Waals surface area (Å²) in [5.41, 5.74) is 0.562. The van der Waals surface area contributed by atoms with E-state index in [1.807, 2.05) is 0 Å². The van der Waals surface area contributed by atoms with Crippen LogP contribution in [0, 0.1) is 24.4 Å². The number of imide groups is 1. The Hall–Kier alpha value is -3.56. The molecule has 10 heteroatoms. The van der Waals surface area contributed by atoms with Crippen LogP contribution in [0.2, 0.25) is 0 Å². The van der Waals surface area contributed by atoms with Crippen LogP contribution >= 0.6 is 0 Å². The lowest BCUT2D eigenvalue weighted by atomic mass is 9.89. The summed E-state index contributed by atoms with van der Waals surface area (Å²) in [6, 6.07) is 5.61. The Morgan fingerprint density at radius 3 is 2.31 bits per heavy atom. The third kappa shape index (κ3) is 4.00. The highest BCUT2D eigenvalue weighted by atomic mass is 19.1. The molecule has 2 aliphatic rings. The number of piperidine rings is 1. The molecule has 2 heterocycles. The standard InChI is InChI=1S/C22H20F3N3O4/c1-11-4-12(23)6-14(5-11)28(22(31)32)15-9-27(10-15)13-7-17(24)20(18(25)8-13)16-2-3-19(29)26-21(16)30/h4-8,15-16H,2-3,9-10H2,1H3,(H,31,32)(H,26,29,30). The minimum absolute atomic E-state index is 0.00454. The SMILES string of the molecule is Cc1cc(F)cc(N(C(=O)O)C2CN(c3cc(F)c(C4CCC(=O)NC4=O)c(F)c3)C2)c1. The second kappa shape index (κ2) is 8.18. The fourth-order valence-corrected chi connectivity index (χ4v) is 4.22. The molecule has 2 aliphatic heterocycles. The molecule has 1 atom stereocenters. The number of rotatable bonds is 4. The van der Waals surface area contributed by atoms with Gasteiger partial charge in [0.05, 0.1) is 17.6 Å². The number of amides is 3. The molecule has 2 aromatic carbocycles. The van der Waals surface area contributed by atoms with E-state index in [0.29, 0.717) is 5.56 Å². The van der Waals surface area contributed by atoms with Gasteiger partial charge in [-0.3, -0.25) is 19.8 Å². The van der Waals surface area contributed by atoms with Gasteiger partial charge in [0.1, 0.15) is 17.5 Å². The van der Waals surface area contributed by atoms with E-state index in [0.717, 1.165) is 23.1 Å². The van der Waals surface area contributed by atoms with Crippen molar-refractivity contribution in [3.63, 3.8) is 0 Å². The number of aryl methyl sites for hydroxylation is 1. The average molecular weight is 447 g/mol. The molecule has 2 saturated heterocycles. The lowest BCUT2D eigenvalue weighted by Crippen LogP contribution is -2.61. The van der Waals surface area contributed by atoms with Crippen molar-refractivity contribution in [2.45, 2.75) is 31.7 Å². The Balaban J connectivity index is 1.52. The van der Waals surface area contributed by atoms with Gasteiger partial charge in [0.2, 0.25) is 11.8 Å². The average Bonchev–Trinajstić information content (AvgIpc) is 2.64. The van der Waals surface area contributed by atoms with E-state index in [1.165, 1.54) is 6.07 Å². The molecule has 3 amide bonds. The van der Waals surface area contributed by atoms with Crippen molar-refractivity contribution in [2.24, 2.45) is 0 Å². The van der Waals surface area contributed by atoms with Crippen molar-refractivity contribution in [3.05, 3.63) is 58.9 Å². The monoisotopic (exact) mass is 447 g/mol. The molecule has 0 radical (unpaired) electrons. The minimum atomic E-state index is -1.26. The van der Waals surface area contributed by atoms with E-state index in [-0.39, 0.29) is 37.3 Å². The number of hydrogen-bond acceptors (Lipinski definition) is 4. The summed E-state index contributed by atoms with van der Waals surface area (Å²) >= 11 is 0. The lowest BCUT2D eigenvalue weighted by molar-refractivity contribution is -0.134. The van der Waals surface area contributed by atoms with Crippen LogP contribution in [0.3, 0.4) is 0 Å². The second-order valence-corrected chi connectivity index (χ2v) is 8.02. The van der Waals surface area contributed by atoms with Gasteiger partial charge in [-0.1, -0.05) is 0 Å². The van der Waals surface area contributed by atoms with Crippen LogP contribution in [-0.4, -0.2) is 42.1 Å². The number of nitrogens with one attached hydrogen (secondary N) is 1. The first-order valence-corrected chi connectivity index (χ1v) is 10.0. The maximum absolute atomic E-state index is 14.7. The summed E-state index contributed by atoms with van der Waals surface area (Å²) in [6.45, 7) is 1.95. The Labute approximate surface area is 181 Å². The summed E-state index contributed by atoms with van der Waals surface area (Å²) in [5.74, 6) is -4.69. The molecule has 2 fully saturated rings. The van der Waals surface area contributed by atoms with E-state index in [9.17, 15) is 32.7 Å². The predicted molar refractivity (Wildman–Crippen MR) is 109 cm³/mol. The van der Waals surface area contributed by atoms with Crippen LogP contribution in [0.4, 0.5) is 29.3 Å². The Morgan fingerprint density at radius 1 is 1.09 bits per heavy atom. The number of halogens is 3. The van der Waals surface area contributed by atoms with Gasteiger partial charge >= 0.3 is 6.09 Å². The van der Waals surface area contributed by atoms with Crippen molar-refractivity contribution >= 4 is 29.3 Å². The van der Waals surface area contributed by atoms with Crippen LogP contribution in [0.25, 0.3) is 0 Å². The fraction of sp³-hybridized carbons (Fsp3) is 0.318. The summed E-state index contributed by atoms with van der Waals surface area (Å²) in [4.78, 5) is 37.7. The smallest absolute Gasteiger partial charge is 0.412 e. The molecule has 0 saturated carbocycles. The molecule has 168 valence electrons.